The zero-order valence-electron chi connectivity index (χ0n) is 12.5. The minimum atomic E-state index is 0.151. The first-order valence-corrected chi connectivity index (χ1v) is 7.12. The number of aliphatic hydroxyl groups excluding tert-OH is 1. The van der Waals surface area contributed by atoms with Gasteiger partial charge in [0.15, 0.2) is 0 Å². The number of hydrogen-bond acceptors (Lipinski definition) is 2. The van der Waals surface area contributed by atoms with Crippen molar-refractivity contribution in [3.05, 3.63) is 54.6 Å². The minimum Gasteiger partial charge on any atom is -0.394 e. The predicted octanol–water partition coefficient (Wildman–Crippen LogP) is 3.81. The highest BCUT2D eigenvalue weighted by molar-refractivity contribution is 5.66. The Hall–Kier alpha value is -1.80. The molecule has 2 nitrogen and oxygen atoms in total. The Labute approximate surface area is 121 Å². The van der Waals surface area contributed by atoms with Gasteiger partial charge in [0, 0.05) is 12.7 Å². The van der Waals surface area contributed by atoms with E-state index in [9.17, 15) is 5.11 Å². The lowest BCUT2D eigenvalue weighted by atomic mass is 10.0. The summed E-state index contributed by atoms with van der Waals surface area (Å²) in [5, 5.41) is 9.52. The number of benzene rings is 2. The highest BCUT2D eigenvalue weighted by Gasteiger charge is 2.17. The maximum Gasteiger partial charge on any atom is 0.0637 e. The zero-order chi connectivity index (χ0) is 14.5. The van der Waals surface area contributed by atoms with Crippen LogP contribution in [0.1, 0.15) is 13.8 Å². The van der Waals surface area contributed by atoms with Gasteiger partial charge in [-0.1, -0.05) is 56.3 Å². The lowest BCUT2D eigenvalue weighted by Crippen LogP contribution is -2.38. The van der Waals surface area contributed by atoms with Crippen molar-refractivity contribution in [2.24, 2.45) is 5.92 Å². The average Bonchev–Trinajstić information content (AvgIpc) is 2.48. The fraction of sp³-hybridized carbons (Fsp3) is 0.333. The number of anilines is 1. The lowest BCUT2D eigenvalue weighted by Gasteiger charge is -2.31. The van der Waals surface area contributed by atoms with Crippen LogP contribution in [0.2, 0.25) is 0 Å². The highest BCUT2D eigenvalue weighted by atomic mass is 16.3. The Morgan fingerprint density at radius 3 is 1.95 bits per heavy atom. The Kier molecular flexibility index (Phi) is 4.80. The Morgan fingerprint density at radius 1 is 0.900 bits per heavy atom. The summed E-state index contributed by atoms with van der Waals surface area (Å²) >= 11 is 0. The van der Waals surface area contributed by atoms with E-state index < -0.39 is 0 Å². The Balaban J connectivity index is 2.20. The van der Waals surface area contributed by atoms with Crippen LogP contribution < -0.4 is 4.90 Å². The molecule has 0 radical (unpaired) electrons. The van der Waals surface area contributed by atoms with Crippen LogP contribution in [-0.2, 0) is 0 Å². The van der Waals surface area contributed by atoms with Crippen LogP contribution in [-0.4, -0.2) is 24.8 Å². The van der Waals surface area contributed by atoms with Crippen molar-refractivity contribution in [1.29, 1.82) is 0 Å². The molecule has 0 bridgehead atoms. The standard InChI is InChI=1S/C18H23NO/c1-14(2)18(13-20)19(3)17-11-9-16(10-12-17)15-7-5-4-6-8-15/h4-12,14,18,20H,13H2,1-3H3. The van der Waals surface area contributed by atoms with Crippen molar-refractivity contribution >= 4 is 5.69 Å². The van der Waals surface area contributed by atoms with E-state index in [1.165, 1.54) is 11.1 Å². The smallest absolute Gasteiger partial charge is 0.0637 e. The molecule has 2 rings (SSSR count). The monoisotopic (exact) mass is 269 g/mol. The van der Waals surface area contributed by atoms with Crippen molar-refractivity contribution in [1.82, 2.24) is 0 Å². The van der Waals surface area contributed by atoms with Gasteiger partial charge in [0.05, 0.1) is 12.6 Å². The number of rotatable bonds is 5. The predicted molar refractivity (Wildman–Crippen MR) is 86.0 cm³/mol. The van der Waals surface area contributed by atoms with Gasteiger partial charge in [0.1, 0.15) is 0 Å². The molecule has 0 fully saturated rings. The molecule has 0 amide bonds. The van der Waals surface area contributed by atoms with Crippen molar-refractivity contribution in [3.8, 4) is 11.1 Å². The highest BCUT2D eigenvalue weighted by Crippen LogP contribution is 2.24. The number of nitrogens with zero attached hydrogens (tertiary/aromatic N) is 1. The van der Waals surface area contributed by atoms with Crippen LogP contribution in [0, 0.1) is 5.92 Å². The van der Waals surface area contributed by atoms with Gasteiger partial charge < -0.3 is 10.0 Å². The van der Waals surface area contributed by atoms with Gasteiger partial charge in [0.25, 0.3) is 0 Å². The molecule has 106 valence electrons. The summed E-state index contributed by atoms with van der Waals surface area (Å²) < 4.78 is 0. The first-order chi connectivity index (χ1) is 9.63. The molecule has 1 N–H and O–H groups in total. The van der Waals surface area contributed by atoms with E-state index in [1.807, 2.05) is 13.1 Å². The molecule has 2 heteroatoms. The number of likely N-dealkylation sites (N-methyl/N-ethyl adjacent to an activating group) is 1. The quantitative estimate of drug-likeness (QED) is 0.892. The fourth-order valence-electron chi connectivity index (χ4n) is 2.49. The summed E-state index contributed by atoms with van der Waals surface area (Å²) in [5.41, 5.74) is 3.58. The third-order valence-electron chi connectivity index (χ3n) is 3.84. The van der Waals surface area contributed by atoms with Crippen LogP contribution in [0.5, 0.6) is 0 Å². The van der Waals surface area contributed by atoms with E-state index in [4.69, 9.17) is 0 Å². The second kappa shape index (κ2) is 6.58. The molecule has 0 aromatic heterocycles. The van der Waals surface area contributed by atoms with Gasteiger partial charge in [-0.15, -0.1) is 0 Å². The fourth-order valence-corrected chi connectivity index (χ4v) is 2.49. The maximum atomic E-state index is 9.52. The summed E-state index contributed by atoms with van der Waals surface area (Å²) in [4.78, 5) is 2.15. The summed E-state index contributed by atoms with van der Waals surface area (Å²) in [6.45, 7) is 4.44. The molecule has 0 heterocycles. The zero-order valence-corrected chi connectivity index (χ0v) is 12.5. The number of aliphatic hydroxyl groups is 1. The molecule has 0 aliphatic rings. The minimum absolute atomic E-state index is 0.151. The Bertz CT molecular complexity index is 519. The summed E-state index contributed by atoms with van der Waals surface area (Å²) in [5.74, 6) is 0.416. The van der Waals surface area contributed by atoms with E-state index >= 15 is 0 Å². The van der Waals surface area contributed by atoms with E-state index in [1.54, 1.807) is 0 Å². The largest absolute Gasteiger partial charge is 0.394 e. The molecule has 0 saturated carbocycles. The molecule has 20 heavy (non-hydrogen) atoms. The van der Waals surface area contributed by atoms with Gasteiger partial charge in [-0.2, -0.15) is 0 Å². The normalized spacial score (nSPS) is 12.4. The van der Waals surface area contributed by atoms with Gasteiger partial charge in [-0.25, -0.2) is 0 Å². The molecule has 0 spiro atoms. The van der Waals surface area contributed by atoms with Gasteiger partial charge in [-0.3, -0.25) is 0 Å². The molecule has 2 aromatic carbocycles. The average molecular weight is 269 g/mol. The second-order valence-electron chi connectivity index (χ2n) is 5.52. The molecule has 1 unspecified atom stereocenters. The van der Waals surface area contributed by atoms with Crippen LogP contribution >= 0.6 is 0 Å². The summed E-state index contributed by atoms with van der Waals surface area (Å²) in [6, 6.07) is 19.0. The van der Waals surface area contributed by atoms with Crippen LogP contribution in [0.25, 0.3) is 11.1 Å². The Morgan fingerprint density at radius 2 is 1.45 bits per heavy atom. The molecule has 0 aliphatic heterocycles. The van der Waals surface area contributed by atoms with E-state index in [0.29, 0.717) is 5.92 Å². The topological polar surface area (TPSA) is 23.5 Å². The van der Waals surface area contributed by atoms with E-state index in [-0.39, 0.29) is 12.6 Å². The van der Waals surface area contributed by atoms with Crippen molar-refractivity contribution in [2.45, 2.75) is 19.9 Å². The molecule has 2 aromatic rings. The third-order valence-corrected chi connectivity index (χ3v) is 3.84. The molecular weight excluding hydrogens is 246 g/mol. The van der Waals surface area contributed by atoms with Crippen molar-refractivity contribution in [2.75, 3.05) is 18.6 Å². The first kappa shape index (κ1) is 14.6. The van der Waals surface area contributed by atoms with Crippen molar-refractivity contribution < 1.29 is 5.11 Å². The van der Waals surface area contributed by atoms with Crippen LogP contribution in [0.3, 0.4) is 0 Å². The van der Waals surface area contributed by atoms with Crippen LogP contribution in [0.4, 0.5) is 5.69 Å². The van der Waals surface area contributed by atoms with E-state index in [2.05, 4.69) is 67.3 Å². The molecule has 1 atom stereocenters. The summed E-state index contributed by atoms with van der Waals surface area (Å²) in [7, 11) is 2.04. The first-order valence-electron chi connectivity index (χ1n) is 7.12. The van der Waals surface area contributed by atoms with Crippen molar-refractivity contribution in [3.63, 3.8) is 0 Å². The lowest BCUT2D eigenvalue weighted by molar-refractivity contribution is 0.234. The summed E-state index contributed by atoms with van der Waals surface area (Å²) in [6.07, 6.45) is 0. The molecular formula is C18H23NO. The molecule has 0 aliphatic carbocycles. The maximum absolute atomic E-state index is 9.52. The van der Waals surface area contributed by atoms with Crippen LogP contribution in [0.15, 0.2) is 54.6 Å². The molecule has 0 saturated heterocycles. The van der Waals surface area contributed by atoms with E-state index in [0.717, 1.165) is 5.69 Å². The van der Waals surface area contributed by atoms with Gasteiger partial charge >= 0.3 is 0 Å². The third kappa shape index (κ3) is 3.20. The van der Waals surface area contributed by atoms with Gasteiger partial charge in [0.2, 0.25) is 0 Å². The SMILES string of the molecule is CC(C)C(CO)N(C)c1ccc(-c2ccccc2)cc1. The number of hydrogen-bond donors (Lipinski definition) is 1. The second-order valence-corrected chi connectivity index (χ2v) is 5.52. The van der Waals surface area contributed by atoms with Gasteiger partial charge in [-0.05, 0) is 29.2 Å².